The average Bonchev–Trinajstić information content (AvgIpc) is 2.40. The zero-order chi connectivity index (χ0) is 12.1. The van der Waals surface area contributed by atoms with Gasteiger partial charge in [0.25, 0.3) is 0 Å². The van der Waals surface area contributed by atoms with Crippen LogP contribution in [0, 0.1) is 0 Å². The van der Waals surface area contributed by atoms with Crippen molar-refractivity contribution in [1.29, 1.82) is 0 Å². The summed E-state index contributed by atoms with van der Waals surface area (Å²) in [5.41, 5.74) is 1.32. The Bertz CT molecular complexity index is 476. The second-order valence-corrected chi connectivity index (χ2v) is 4.50. The maximum Gasteiger partial charge on any atom is 0.0445 e. The van der Waals surface area contributed by atoms with Crippen molar-refractivity contribution in [2.75, 3.05) is 23.9 Å². The number of rotatable bonds is 5. The highest BCUT2D eigenvalue weighted by molar-refractivity contribution is 6.17. The summed E-state index contributed by atoms with van der Waals surface area (Å²) in [6.45, 7) is 4.23. The van der Waals surface area contributed by atoms with Gasteiger partial charge in [0.05, 0.1) is 0 Å². The van der Waals surface area contributed by atoms with E-state index < -0.39 is 0 Å². The Labute approximate surface area is 108 Å². The molecule has 17 heavy (non-hydrogen) atoms. The Morgan fingerprint density at radius 1 is 1.06 bits per heavy atom. The molecule has 0 aromatic heterocycles. The van der Waals surface area contributed by atoms with E-state index in [1.807, 2.05) is 0 Å². The van der Waals surface area contributed by atoms with Crippen LogP contribution in [0.25, 0.3) is 10.8 Å². The molecule has 0 aliphatic rings. The van der Waals surface area contributed by atoms with E-state index in [4.69, 9.17) is 11.6 Å². The molecule has 0 heterocycles. The first-order valence-corrected chi connectivity index (χ1v) is 6.69. The van der Waals surface area contributed by atoms with Crippen LogP contribution in [-0.4, -0.2) is 19.0 Å². The minimum atomic E-state index is 0.723. The Kier molecular flexibility index (Phi) is 4.27. The van der Waals surface area contributed by atoms with E-state index in [0.29, 0.717) is 0 Å². The number of fused-ring (bicyclic) bond motifs is 1. The number of nitrogens with zero attached hydrogens (tertiary/aromatic N) is 1. The third kappa shape index (κ3) is 2.73. The Morgan fingerprint density at radius 2 is 1.82 bits per heavy atom. The molecule has 0 fully saturated rings. The van der Waals surface area contributed by atoms with Crippen LogP contribution in [0.1, 0.15) is 13.3 Å². The zero-order valence-corrected chi connectivity index (χ0v) is 11.0. The van der Waals surface area contributed by atoms with Gasteiger partial charge < -0.3 is 4.90 Å². The summed E-state index contributed by atoms with van der Waals surface area (Å²) in [6.07, 6.45) is 1.03. The monoisotopic (exact) mass is 247 g/mol. The molecule has 2 rings (SSSR count). The molecule has 0 N–H and O–H groups in total. The maximum atomic E-state index is 5.78. The van der Waals surface area contributed by atoms with Crippen LogP contribution in [0.3, 0.4) is 0 Å². The number of anilines is 1. The first kappa shape index (κ1) is 12.3. The SMILES string of the molecule is CCN(CCCCl)c1cccc2ccccc12. The predicted molar refractivity (Wildman–Crippen MR) is 77.2 cm³/mol. The highest BCUT2D eigenvalue weighted by atomic mass is 35.5. The summed E-state index contributed by atoms with van der Waals surface area (Å²) < 4.78 is 0. The molecule has 0 saturated heterocycles. The molecule has 0 unspecified atom stereocenters. The summed E-state index contributed by atoms with van der Waals surface area (Å²) in [4.78, 5) is 2.39. The van der Waals surface area contributed by atoms with E-state index in [1.54, 1.807) is 0 Å². The molecule has 0 radical (unpaired) electrons. The molecule has 0 amide bonds. The van der Waals surface area contributed by atoms with Crippen molar-refractivity contribution in [1.82, 2.24) is 0 Å². The largest absolute Gasteiger partial charge is 0.371 e. The van der Waals surface area contributed by atoms with Gasteiger partial charge in [0.15, 0.2) is 0 Å². The van der Waals surface area contributed by atoms with Gasteiger partial charge in [-0.2, -0.15) is 0 Å². The molecule has 90 valence electrons. The maximum absolute atomic E-state index is 5.78. The minimum Gasteiger partial charge on any atom is -0.371 e. The summed E-state index contributed by atoms with van der Waals surface area (Å²) in [6, 6.07) is 15.0. The zero-order valence-electron chi connectivity index (χ0n) is 10.2. The number of hydrogen-bond acceptors (Lipinski definition) is 1. The number of benzene rings is 2. The van der Waals surface area contributed by atoms with Crippen LogP contribution in [0.2, 0.25) is 0 Å². The van der Waals surface area contributed by atoms with Crippen molar-refractivity contribution in [3.8, 4) is 0 Å². The Hall–Kier alpha value is -1.21. The van der Waals surface area contributed by atoms with Gasteiger partial charge in [-0.1, -0.05) is 36.4 Å². The first-order chi connectivity index (χ1) is 8.36. The van der Waals surface area contributed by atoms with Crippen molar-refractivity contribution in [3.63, 3.8) is 0 Å². The lowest BCUT2D eigenvalue weighted by atomic mass is 10.1. The Balaban J connectivity index is 2.38. The highest BCUT2D eigenvalue weighted by Crippen LogP contribution is 2.26. The van der Waals surface area contributed by atoms with Gasteiger partial charge in [0.2, 0.25) is 0 Å². The van der Waals surface area contributed by atoms with Crippen LogP contribution in [0.15, 0.2) is 42.5 Å². The molecule has 0 saturated carbocycles. The summed E-state index contributed by atoms with van der Waals surface area (Å²) >= 11 is 5.78. The lowest BCUT2D eigenvalue weighted by Gasteiger charge is -2.24. The third-order valence-corrected chi connectivity index (χ3v) is 3.32. The molecule has 2 heteroatoms. The standard InChI is InChI=1S/C15H18ClN/c1-2-17(12-6-11-16)15-10-5-8-13-7-3-4-9-14(13)15/h3-5,7-10H,2,6,11-12H2,1H3. The van der Waals surface area contributed by atoms with Crippen molar-refractivity contribution < 1.29 is 0 Å². The van der Waals surface area contributed by atoms with E-state index in [1.165, 1.54) is 16.5 Å². The van der Waals surface area contributed by atoms with E-state index >= 15 is 0 Å². The van der Waals surface area contributed by atoms with Gasteiger partial charge in [-0.05, 0) is 24.8 Å². The molecular weight excluding hydrogens is 230 g/mol. The van der Waals surface area contributed by atoms with Gasteiger partial charge in [-0.3, -0.25) is 0 Å². The fourth-order valence-corrected chi connectivity index (χ4v) is 2.30. The molecule has 0 bridgehead atoms. The van der Waals surface area contributed by atoms with Crippen LogP contribution in [0.4, 0.5) is 5.69 Å². The van der Waals surface area contributed by atoms with Gasteiger partial charge in [0, 0.05) is 30.0 Å². The van der Waals surface area contributed by atoms with Gasteiger partial charge in [0.1, 0.15) is 0 Å². The second-order valence-electron chi connectivity index (χ2n) is 4.12. The molecule has 2 aromatic rings. The summed E-state index contributed by atoms with van der Waals surface area (Å²) in [5, 5.41) is 2.63. The van der Waals surface area contributed by atoms with Gasteiger partial charge in [-0.15, -0.1) is 11.6 Å². The van der Waals surface area contributed by atoms with Crippen LogP contribution < -0.4 is 4.90 Å². The molecular formula is C15H18ClN. The average molecular weight is 248 g/mol. The lowest BCUT2D eigenvalue weighted by Crippen LogP contribution is -2.24. The molecule has 0 spiro atoms. The molecule has 2 aromatic carbocycles. The van der Waals surface area contributed by atoms with Crippen molar-refractivity contribution in [2.45, 2.75) is 13.3 Å². The van der Waals surface area contributed by atoms with Gasteiger partial charge >= 0.3 is 0 Å². The highest BCUT2D eigenvalue weighted by Gasteiger charge is 2.07. The van der Waals surface area contributed by atoms with E-state index in [9.17, 15) is 0 Å². The van der Waals surface area contributed by atoms with Gasteiger partial charge in [-0.25, -0.2) is 0 Å². The third-order valence-electron chi connectivity index (χ3n) is 3.05. The lowest BCUT2D eigenvalue weighted by molar-refractivity contribution is 0.798. The van der Waals surface area contributed by atoms with Crippen LogP contribution in [-0.2, 0) is 0 Å². The van der Waals surface area contributed by atoms with E-state index in [0.717, 1.165) is 25.4 Å². The fourth-order valence-electron chi connectivity index (χ4n) is 2.18. The Morgan fingerprint density at radius 3 is 2.59 bits per heavy atom. The molecule has 0 atom stereocenters. The number of hydrogen-bond donors (Lipinski definition) is 0. The molecule has 1 nitrogen and oxygen atoms in total. The van der Waals surface area contributed by atoms with Crippen LogP contribution in [0.5, 0.6) is 0 Å². The summed E-state index contributed by atoms with van der Waals surface area (Å²) in [7, 11) is 0. The van der Waals surface area contributed by atoms with Crippen molar-refractivity contribution in [2.24, 2.45) is 0 Å². The van der Waals surface area contributed by atoms with E-state index in [2.05, 4.69) is 54.3 Å². The van der Waals surface area contributed by atoms with E-state index in [-0.39, 0.29) is 0 Å². The number of halogens is 1. The minimum absolute atomic E-state index is 0.723. The second kappa shape index (κ2) is 5.92. The first-order valence-electron chi connectivity index (χ1n) is 6.15. The topological polar surface area (TPSA) is 3.24 Å². The molecule has 0 aliphatic carbocycles. The number of alkyl halides is 1. The quantitative estimate of drug-likeness (QED) is 0.713. The van der Waals surface area contributed by atoms with Crippen molar-refractivity contribution >= 4 is 28.1 Å². The molecule has 0 aliphatic heterocycles. The fraction of sp³-hybridized carbons (Fsp3) is 0.333. The predicted octanol–water partition coefficient (Wildman–Crippen LogP) is 4.30. The van der Waals surface area contributed by atoms with Crippen molar-refractivity contribution in [3.05, 3.63) is 42.5 Å². The van der Waals surface area contributed by atoms with Crippen LogP contribution >= 0.6 is 11.6 Å². The smallest absolute Gasteiger partial charge is 0.0445 e. The summed E-state index contributed by atoms with van der Waals surface area (Å²) in [5.74, 6) is 0.723. The normalized spacial score (nSPS) is 10.7.